The Morgan fingerprint density at radius 2 is 1.37 bits per heavy atom. The lowest BCUT2D eigenvalue weighted by molar-refractivity contribution is -0.142. The van der Waals surface area contributed by atoms with Crippen LogP contribution in [0.2, 0.25) is 0 Å². The summed E-state index contributed by atoms with van der Waals surface area (Å²) in [5, 5.41) is 36.3. The van der Waals surface area contributed by atoms with E-state index in [1.165, 1.54) is 19.1 Å². The van der Waals surface area contributed by atoms with Crippen molar-refractivity contribution in [2.75, 3.05) is 6.54 Å². The average molecular weight is 487 g/mol. The van der Waals surface area contributed by atoms with Crippen LogP contribution in [0.3, 0.4) is 0 Å². The zero-order chi connectivity index (χ0) is 26.0. The van der Waals surface area contributed by atoms with E-state index >= 15 is 0 Å². The zero-order valence-corrected chi connectivity index (χ0v) is 19.2. The predicted octanol–water partition coefficient (Wildman–Crippen LogP) is -0.944. The first-order valence-corrected chi connectivity index (χ1v) is 10.9. The van der Waals surface area contributed by atoms with Gasteiger partial charge in [0.15, 0.2) is 0 Å². The van der Waals surface area contributed by atoms with Crippen molar-refractivity contribution in [3.05, 3.63) is 65.7 Å². The molecule has 4 unspecified atom stereocenters. The molecule has 4 atom stereocenters. The van der Waals surface area contributed by atoms with E-state index in [9.17, 15) is 34.5 Å². The lowest BCUT2D eigenvalue weighted by Gasteiger charge is -2.26. The zero-order valence-electron chi connectivity index (χ0n) is 19.2. The number of hydrogen-bond donors (Lipinski definition) is 7. The third kappa shape index (κ3) is 8.72. The number of nitrogens with one attached hydrogen (secondary N) is 3. The number of aliphatic hydroxyl groups excluding tert-OH is 1. The number of nitrogens with two attached hydrogens (primary N) is 1. The number of carboxylic acid groups (broad SMARTS) is 1. The quantitative estimate of drug-likeness (QED) is 0.200. The van der Waals surface area contributed by atoms with Crippen molar-refractivity contribution in [1.82, 2.24) is 16.0 Å². The number of aliphatic carboxylic acids is 1. The first-order valence-electron chi connectivity index (χ1n) is 10.9. The van der Waals surface area contributed by atoms with Gasteiger partial charge in [-0.15, -0.1) is 0 Å². The van der Waals surface area contributed by atoms with Gasteiger partial charge in [0.05, 0.1) is 12.6 Å². The van der Waals surface area contributed by atoms with Crippen LogP contribution in [-0.2, 0) is 32.0 Å². The van der Waals surface area contributed by atoms with Crippen molar-refractivity contribution >= 4 is 23.7 Å². The average Bonchev–Trinajstić information content (AvgIpc) is 2.83. The second-order valence-electron chi connectivity index (χ2n) is 8.01. The van der Waals surface area contributed by atoms with Crippen molar-refractivity contribution in [3.63, 3.8) is 0 Å². The maximum Gasteiger partial charge on any atom is 0.326 e. The number of carboxylic acids is 1. The maximum atomic E-state index is 13.1. The van der Waals surface area contributed by atoms with Crippen molar-refractivity contribution in [1.29, 1.82) is 0 Å². The van der Waals surface area contributed by atoms with Gasteiger partial charge >= 0.3 is 5.97 Å². The fraction of sp³-hybridized carbons (Fsp3) is 0.333. The number of amides is 3. The number of phenols is 1. The van der Waals surface area contributed by atoms with Crippen LogP contribution < -0.4 is 21.7 Å². The van der Waals surface area contributed by atoms with E-state index in [1.54, 1.807) is 42.5 Å². The number of phenolic OH excluding ortho intramolecular Hbond substituents is 1. The van der Waals surface area contributed by atoms with Crippen LogP contribution in [0, 0.1) is 0 Å². The monoisotopic (exact) mass is 486 g/mol. The van der Waals surface area contributed by atoms with Gasteiger partial charge in [-0.25, -0.2) is 4.79 Å². The highest BCUT2D eigenvalue weighted by Crippen LogP contribution is 2.12. The topological polar surface area (TPSA) is 191 Å². The highest BCUT2D eigenvalue weighted by atomic mass is 16.4. The third-order valence-corrected chi connectivity index (χ3v) is 5.17. The second kappa shape index (κ2) is 13.1. The number of aliphatic hydroxyl groups is 1. The van der Waals surface area contributed by atoms with E-state index in [2.05, 4.69) is 16.0 Å². The molecule has 0 heterocycles. The normalized spacial score (nSPS) is 14.1. The second-order valence-corrected chi connectivity index (χ2v) is 8.01. The summed E-state index contributed by atoms with van der Waals surface area (Å²) in [4.78, 5) is 49.4. The molecule has 0 aliphatic rings. The highest BCUT2D eigenvalue weighted by molar-refractivity contribution is 5.94. The Bertz CT molecular complexity index is 1010. The number of rotatable bonds is 12. The number of benzene rings is 2. The fourth-order valence-electron chi connectivity index (χ4n) is 3.30. The Morgan fingerprint density at radius 3 is 1.91 bits per heavy atom. The molecule has 188 valence electrons. The van der Waals surface area contributed by atoms with E-state index in [-0.39, 0.29) is 18.6 Å². The Morgan fingerprint density at radius 1 is 0.829 bits per heavy atom. The van der Waals surface area contributed by atoms with Crippen molar-refractivity contribution in [2.24, 2.45) is 5.73 Å². The molecule has 0 saturated heterocycles. The van der Waals surface area contributed by atoms with E-state index in [0.29, 0.717) is 11.1 Å². The SMILES string of the molecule is CC(O)C(NC(=O)CN)C(=O)NC(Cc1ccc(O)cc1)C(=O)NC(Cc1ccccc1)C(=O)O. The van der Waals surface area contributed by atoms with Gasteiger partial charge in [0.1, 0.15) is 23.9 Å². The predicted molar refractivity (Wildman–Crippen MR) is 126 cm³/mol. The van der Waals surface area contributed by atoms with Crippen LogP contribution in [0.25, 0.3) is 0 Å². The third-order valence-electron chi connectivity index (χ3n) is 5.17. The highest BCUT2D eigenvalue weighted by Gasteiger charge is 2.31. The molecular weight excluding hydrogens is 456 g/mol. The molecule has 11 heteroatoms. The molecule has 3 amide bonds. The lowest BCUT2D eigenvalue weighted by atomic mass is 10.0. The molecule has 11 nitrogen and oxygen atoms in total. The number of aromatic hydroxyl groups is 1. The molecule has 0 aliphatic carbocycles. The summed E-state index contributed by atoms with van der Waals surface area (Å²) in [5.74, 6) is -3.56. The van der Waals surface area contributed by atoms with E-state index in [1.807, 2.05) is 0 Å². The molecule has 0 radical (unpaired) electrons. The molecule has 2 aromatic rings. The van der Waals surface area contributed by atoms with E-state index < -0.39 is 54.5 Å². The summed E-state index contributed by atoms with van der Waals surface area (Å²) in [6.07, 6.45) is -1.33. The van der Waals surface area contributed by atoms with Gasteiger partial charge in [-0.2, -0.15) is 0 Å². The lowest BCUT2D eigenvalue weighted by Crippen LogP contribution is -2.59. The summed E-state index contributed by atoms with van der Waals surface area (Å²) < 4.78 is 0. The summed E-state index contributed by atoms with van der Waals surface area (Å²) in [5.41, 5.74) is 6.53. The van der Waals surface area contributed by atoms with Crippen LogP contribution >= 0.6 is 0 Å². The Hall–Kier alpha value is -3.96. The largest absolute Gasteiger partial charge is 0.508 e. The summed E-state index contributed by atoms with van der Waals surface area (Å²) in [6.45, 7) is 0.879. The first kappa shape index (κ1) is 27.3. The smallest absolute Gasteiger partial charge is 0.326 e. The van der Waals surface area contributed by atoms with Crippen molar-refractivity contribution < 1.29 is 34.5 Å². The molecule has 0 aliphatic heterocycles. The van der Waals surface area contributed by atoms with Crippen LogP contribution in [0.5, 0.6) is 5.75 Å². The van der Waals surface area contributed by atoms with E-state index in [0.717, 1.165) is 0 Å². The number of hydrogen-bond acceptors (Lipinski definition) is 7. The molecule has 0 spiro atoms. The summed E-state index contributed by atoms with van der Waals surface area (Å²) >= 11 is 0. The molecule has 0 aromatic heterocycles. The van der Waals surface area contributed by atoms with Crippen LogP contribution in [-0.4, -0.2) is 69.8 Å². The van der Waals surface area contributed by atoms with Gasteiger partial charge in [-0.1, -0.05) is 42.5 Å². The molecular formula is C24H30N4O7. The first-order chi connectivity index (χ1) is 16.6. The molecule has 2 rings (SSSR count). The molecule has 0 fully saturated rings. The minimum absolute atomic E-state index is 0.00579. The Kier molecular flexibility index (Phi) is 10.2. The molecule has 35 heavy (non-hydrogen) atoms. The van der Waals surface area contributed by atoms with Gasteiger partial charge in [0, 0.05) is 12.8 Å². The van der Waals surface area contributed by atoms with Gasteiger partial charge in [-0.05, 0) is 30.2 Å². The molecule has 0 bridgehead atoms. The Labute approximate surface area is 202 Å². The van der Waals surface area contributed by atoms with E-state index in [4.69, 9.17) is 5.73 Å². The molecule has 2 aromatic carbocycles. The van der Waals surface area contributed by atoms with Gasteiger partial charge < -0.3 is 37.0 Å². The summed E-state index contributed by atoms with van der Waals surface area (Å²) in [6, 6.07) is 10.7. The number of carbonyl (C=O) groups excluding carboxylic acids is 3. The standard InChI is InChI=1S/C24H30N4O7/c1-14(29)21(28-20(31)13-25)23(33)26-18(11-16-7-9-17(30)10-8-16)22(32)27-19(24(34)35)12-15-5-3-2-4-6-15/h2-10,14,18-19,21,29-30H,11-13,25H2,1H3,(H,26,33)(H,27,32)(H,28,31)(H,34,35). The number of carbonyl (C=O) groups is 4. The van der Waals surface area contributed by atoms with Crippen LogP contribution in [0.1, 0.15) is 18.1 Å². The molecule has 0 saturated carbocycles. The minimum Gasteiger partial charge on any atom is -0.508 e. The summed E-state index contributed by atoms with van der Waals surface area (Å²) in [7, 11) is 0. The van der Waals surface area contributed by atoms with Gasteiger partial charge in [0.25, 0.3) is 0 Å². The van der Waals surface area contributed by atoms with Gasteiger partial charge in [0.2, 0.25) is 17.7 Å². The minimum atomic E-state index is -1.39. The maximum absolute atomic E-state index is 13.1. The Balaban J connectivity index is 2.24. The van der Waals surface area contributed by atoms with Crippen LogP contribution in [0.4, 0.5) is 0 Å². The van der Waals surface area contributed by atoms with Crippen molar-refractivity contribution in [3.8, 4) is 5.75 Å². The van der Waals surface area contributed by atoms with Crippen LogP contribution in [0.15, 0.2) is 54.6 Å². The fourth-order valence-corrected chi connectivity index (χ4v) is 3.30. The van der Waals surface area contributed by atoms with Gasteiger partial charge in [-0.3, -0.25) is 14.4 Å². The van der Waals surface area contributed by atoms with Crippen molar-refractivity contribution in [2.45, 2.75) is 44.0 Å². The molecule has 8 N–H and O–H groups in total.